The minimum atomic E-state index is -4.48. The summed E-state index contributed by atoms with van der Waals surface area (Å²) in [7, 11) is -4.48. The van der Waals surface area contributed by atoms with Gasteiger partial charge in [-0.3, -0.25) is 9.35 Å². The van der Waals surface area contributed by atoms with E-state index in [1.54, 1.807) is 19.9 Å². The van der Waals surface area contributed by atoms with Gasteiger partial charge in [-0.1, -0.05) is 62.3 Å². The smallest absolute Gasteiger partial charge is 0.329 e. The molecule has 1 rings (SSSR count). The van der Waals surface area contributed by atoms with Crippen molar-refractivity contribution in [2.45, 2.75) is 73.3 Å². The maximum absolute atomic E-state index is 12.3. The number of esters is 1. The average Bonchev–Trinajstić information content (AvgIpc) is 2.69. The van der Waals surface area contributed by atoms with Gasteiger partial charge in [0.25, 0.3) is 10.1 Å². The first kappa shape index (κ1) is 29.6. The van der Waals surface area contributed by atoms with Crippen LogP contribution in [0.4, 0.5) is 0 Å². The van der Waals surface area contributed by atoms with Crippen LogP contribution in [0.15, 0.2) is 58.7 Å². The highest BCUT2D eigenvalue weighted by atomic mass is 32.2. The van der Waals surface area contributed by atoms with E-state index in [1.165, 1.54) is 30.1 Å². The summed E-state index contributed by atoms with van der Waals surface area (Å²) in [6, 6.07) is -1.49. The summed E-state index contributed by atoms with van der Waals surface area (Å²) in [6.07, 6.45) is 15.1. The number of ether oxygens (including phenoxy) is 1. The summed E-state index contributed by atoms with van der Waals surface area (Å²) in [5.41, 5.74) is 4.66. The quantitative estimate of drug-likeness (QED) is 0.184. The first-order valence-electron chi connectivity index (χ1n) is 11.6. The molecule has 34 heavy (non-hydrogen) atoms. The molecule has 1 atom stereocenters. The number of rotatable bonds is 11. The fourth-order valence-corrected chi connectivity index (χ4v) is 4.42. The van der Waals surface area contributed by atoms with Crippen LogP contribution in [-0.4, -0.2) is 43.2 Å². The first-order chi connectivity index (χ1) is 15.7. The van der Waals surface area contributed by atoms with E-state index >= 15 is 0 Å². The third-order valence-corrected chi connectivity index (χ3v) is 6.31. The highest BCUT2D eigenvalue weighted by Gasteiger charge is 2.27. The molecule has 1 aliphatic carbocycles. The van der Waals surface area contributed by atoms with Gasteiger partial charge in [0.2, 0.25) is 5.91 Å². The fourth-order valence-electron chi connectivity index (χ4n) is 3.78. The topological polar surface area (TPSA) is 110 Å². The Labute approximate surface area is 204 Å². The molecule has 1 amide bonds. The van der Waals surface area contributed by atoms with Crippen LogP contribution >= 0.6 is 0 Å². The van der Waals surface area contributed by atoms with Crippen LogP contribution in [0.3, 0.4) is 0 Å². The second kappa shape index (κ2) is 13.4. The van der Waals surface area contributed by atoms with Gasteiger partial charge in [0.05, 0.1) is 6.61 Å². The Morgan fingerprint density at radius 1 is 1.21 bits per heavy atom. The molecule has 0 aromatic heterocycles. The van der Waals surface area contributed by atoms with Crippen molar-refractivity contribution in [1.29, 1.82) is 0 Å². The van der Waals surface area contributed by atoms with Gasteiger partial charge in [0.1, 0.15) is 11.8 Å². The van der Waals surface area contributed by atoms with Crippen molar-refractivity contribution in [3.63, 3.8) is 0 Å². The standard InChI is InChI=1S/C26H39NO6S/c1-7-16-33-25(29)23(18-34(30,31)32)27-24(28)17-20(3)11-8-10-19(2)13-14-22-21(4)12-9-15-26(22,5)6/h8,10-11,13-14,17,23H,7,9,12,15-16,18H2,1-6H3,(H,27,28)(H,30,31,32)/b11-8+,14-13+,19-10+,20-17+/t23-/m0/s1. The van der Waals surface area contributed by atoms with E-state index in [1.807, 2.05) is 19.1 Å². The van der Waals surface area contributed by atoms with Crippen LogP contribution < -0.4 is 5.32 Å². The maximum Gasteiger partial charge on any atom is 0.329 e. The number of hydrogen-bond acceptors (Lipinski definition) is 5. The first-order valence-corrected chi connectivity index (χ1v) is 13.2. The van der Waals surface area contributed by atoms with Crippen molar-refractivity contribution >= 4 is 22.0 Å². The lowest BCUT2D eigenvalue weighted by Crippen LogP contribution is -2.45. The van der Waals surface area contributed by atoms with Crippen molar-refractivity contribution in [3.8, 4) is 0 Å². The molecule has 1 aliphatic rings. The molecule has 0 aliphatic heterocycles. The van der Waals surface area contributed by atoms with Crippen LogP contribution in [0.1, 0.15) is 67.2 Å². The van der Waals surface area contributed by atoms with E-state index in [-0.39, 0.29) is 12.0 Å². The zero-order valence-electron chi connectivity index (χ0n) is 21.2. The zero-order chi connectivity index (χ0) is 25.9. The Morgan fingerprint density at radius 3 is 2.47 bits per heavy atom. The highest BCUT2D eigenvalue weighted by molar-refractivity contribution is 7.85. The number of amides is 1. The Kier molecular flexibility index (Phi) is 11.7. The Morgan fingerprint density at radius 2 is 1.88 bits per heavy atom. The SMILES string of the molecule is CCCOC(=O)[C@H](CS(=O)(=O)O)NC(=O)/C=C(C)/C=C/C=C(C)/C=C/C1=C(C)CCCC1(C)C. The molecular formula is C26H39NO6S. The molecule has 0 fully saturated rings. The minimum Gasteiger partial charge on any atom is -0.464 e. The Bertz CT molecular complexity index is 996. The van der Waals surface area contributed by atoms with Crippen LogP contribution in [0, 0.1) is 5.41 Å². The third-order valence-electron chi connectivity index (χ3n) is 5.56. The lowest BCUT2D eigenvalue weighted by atomic mass is 9.72. The van der Waals surface area contributed by atoms with Crippen molar-refractivity contribution in [2.24, 2.45) is 5.41 Å². The molecule has 0 unspecified atom stereocenters. The third kappa shape index (κ3) is 11.1. The van der Waals surface area contributed by atoms with Gasteiger partial charge in [-0.25, -0.2) is 4.79 Å². The minimum absolute atomic E-state index is 0.0861. The number of carbonyl (C=O) groups is 2. The van der Waals surface area contributed by atoms with Crippen LogP contribution in [-0.2, 0) is 24.4 Å². The number of nitrogens with one attached hydrogen (secondary N) is 1. The van der Waals surface area contributed by atoms with Crippen LogP contribution in [0.25, 0.3) is 0 Å². The lowest BCUT2D eigenvalue weighted by Gasteiger charge is -2.32. The molecule has 0 heterocycles. The second-order valence-electron chi connectivity index (χ2n) is 9.40. The summed E-state index contributed by atoms with van der Waals surface area (Å²) in [4.78, 5) is 24.3. The van der Waals surface area contributed by atoms with E-state index in [0.717, 1.165) is 12.0 Å². The molecule has 0 saturated heterocycles. The molecule has 0 radical (unpaired) electrons. The molecule has 0 bridgehead atoms. The molecule has 7 nitrogen and oxygen atoms in total. The zero-order valence-corrected chi connectivity index (χ0v) is 22.0. The number of allylic oxidation sites excluding steroid dienone is 9. The van der Waals surface area contributed by atoms with Gasteiger partial charge in [-0.15, -0.1) is 0 Å². The van der Waals surface area contributed by atoms with Crippen molar-refractivity contribution < 1.29 is 27.3 Å². The van der Waals surface area contributed by atoms with E-state index in [0.29, 0.717) is 12.0 Å². The van der Waals surface area contributed by atoms with Crippen molar-refractivity contribution in [1.82, 2.24) is 5.32 Å². The van der Waals surface area contributed by atoms with Crippen LogP contribution in [0.2, 0.25) is 0 Å². The molecular weight excluding hydrogens is 454 g/mol. The molecule has 0 aromatic rings. The number of hydrogen-bond donors (Lipinski definition) is 2. The molecule has 190 valence electrons. The summed E-state index contributed by atoms with van der Waals surface area (Å²) in [5.74, 6) is -2.52. The summed E-state index contributed by atoms with van der Waals surface area (Å²) in [5, 5.41) is 2.29. The van der Waals surface area contributed by atoms with Crippen molar-refractivity contribution in [2.75, 3.05) is 12.4 Å². The summed E-state index contributed by atoms with van der Waals surface area (Å²) < 4.78 is 36.4. The summed E-state index contributed by atoms with van der Waals surface area (Å²) in [6.45, 7) is 12.3. The van der Waals surface area contributed by atoms with E-state index in [2.05, 4.69) is 38.2 Å². The maximum atomic E-state index is 12.3. The largest absolute Gasteiger partial charge is 0.464 e. The predicted molar refractivity (Wildman–Crippen MR) is 136 cm³/mol. The molecule has 0 aromatic carbocycles. The molecule has 0 spiro atoms. The van der Waals surface area contributed by atoms with E-state index < -0.39 is 33.8 Å². The monoisotopic (exact) mass is 493 g/mol. The van der Waals surface area contributed by atoms with E-state index in [9.17, 15) is 18.0 Å². The lowest BCUT2D eigenvalue weighted by molar-refractivity contribution is -0.146. The average molecular weight is 494 g/mol. The fraction of sp³-hybridized carbons (Fsp3) is 0.538. The van der Waals surface area contributed by atoms with E-state index in [4.69, 9.17) is 9.29 Å². The predicted octanol–water partition coefficient (Wildman–Crippen LogP) is 4.84. The molecule has 2 N–H and O–H groups in total. The van der Waals surface area contributed by atoms with Gasteiger partial charge in [-0.2, -0.15) is 8.42 Å². The van der Waals surface area contributed by atoms with Gasteiger partial charge in [0, 0.05) is 6.08 Å². The molecule has 8 heteroatoms. The van der Waals surface area contributed by atoms with Crippen LogP contribution in [0.5, 0.6) is 0 Å². The number of carbonyl (C=O) groups excluding carboxylic acids is 2. The van der Waals surface area contributed by atoms with Gasteiger partial charge in [-0.05, 0) is 63.0 Å². The molecule has 0 saturated carbocycles. The summed E-state index contributed by atoms with van der Waals surface area (Å²) >= 11 is 0. The van der Waals surface area contributed by atoms with Gasteiger partial charge < -0.3 is 10.1 Å². The Balaban J connectivity index is 2.81. The van der Waals surface area contributed by atoms with Gasteiger partial charge in [0.15, 0.2) is 0 Å². The second-order valence-corrected chi connectivity index (χ2v) is 10.9. The normalized spacial score (nSPS) is 18.4. The highest BCUT2D eigenvalue weighted by Crippen LogP contribution is 2.40. The van der Waals surface area contributed by atoms with Gasteiger partial charge >= 0.3 is 5.97 Å². The Hall–Kier alpha value is -2.45. The van der Waals surface area contributed by atoms with Crippen molar-refractivity contribution in [3.05, 3.63) is 58.7 Å².